The van der Waals surface area contributed by atoms with Gasteiger partial charge < -0.3 is 14.8 Å². The molecule has 1 aliphatic rings. The number of carbonyl (C=O) groups excluding carboxylic acids is 2. The molecule has 10 heteroatoms. The molecule has 0 saturated heterocycles. The standard InChI is InChI=1S/C24H29N5O4S/c1-5-28-22-9-7-19(34(32,33)27(3)4)15-20(22)26-23(28)10-11-24(31)25-18-6-8-21-17(14-18)12-13-29(21)16(2)30/h6-9,14-15H,5,10-13H2,1-4H3,(H,25,31). The molecule has 1 aliphatic heterocycles. The Kier molecular flexibility index (Phi) is 6.46. The Morgan fingerprint density at radius 2 is 1.91 bits per heavy atom. The number of sulfonamides is 1. The fraction of sp³-hybridized carbons (Fsp3) is 0.375. The van der Waals surface area contributed by atoms with E-state index < -0.39 is 10.0 Å². The van der Waals surface area contributed by atoms with Crippen LogP contribution in [0.1, 0.15) is 31.7 Å². The van der Waals surface area contributed by atoms with Crippen molar-refractivity contribution in [1.82, 2.24) is 13.9 Å². The van der Waals surface area contributed by atoms with Gasteiger partial charge in [-0.15, -0.1) is 0 Å². The van der Waals surface area contributed by atoms with Crippen LogP contribution in [0, 0.1) is 0 Å². The summed E-state index contributed by atoms with van der Waals surface area (Å²) in [7, 11) is -0.564. The van der Waals surface area contributed by atoms with Crippen LogP contribution in [-0.2, 0) is 39.0 Å². The largest absolute Gasteiger partial charge is 0.328 e. The molecule has 4 rings (SSSR count). The van der Waals surface area contributed by atoms with Gasteiger partial charge in [0.25, 0.3) is 0 Å². The molecule has 0 atom stereocenters. The molecule has 1 aromatic heterocycles. The van der Waals surface area contributed by atoms with Gasteiger partial charge in [-0.25, -0.2) is 17.7 Å². The molecule has 0 bridgehead atoms. The monoisotopic (exact) mass is 483 g/mol. The van der Waals surface area contributed by atoms with Gasteiger partial charge in [-0.1, -0.05) is 0 Å². The number of aromatic nitrogens is 2. The summed E-state index contributed by atoms with van der Waals surface area (Å²) in [5, 5.41) is 2.93. The molecule has 0 unspecified atom stereocenters. The van der Waals surface area contributed by atoms with E-state index in [2.05, 4.69) is 10.3 Å². The highest BCUT2D eigenvalue weighted by atomic mass is 32.2. The molecular weight excluding hydrogens is 454 g/mol. The first kappa shape index (κ1) is 23.9. The molecule has 0 aliphatic carbocycles. The summed E-state index contributed by atoms with van der Waals surface area (Å²) in [6, 6.07) is 10.5. The summed E-state index contributed by atoms with van der Waals surface area (Å²) in [4.78, 5) is 30.9. The van der Waals surface area contributed by atoms with Gasteiger partial charge >= 0.3 is 0 Å². The van der Waals surface area contributed by atoms with E-state index in [9.17, 15) is 18.0 Å². The number of imidazole rings is 1. The molecule has 0 spiro atoms. The van der Waals surface area contributed by atoms with Crippen LogP contribution in [0.2, 0.25) is 0 Å². The maximum Gasteiger partial charge on any atom is 0.242 e. The second kappa shape index (κ2) is 9.19. The van der Waals surface area contributed by atoms with E-state index in [4.69, 9.17) is 0 Å². The molecule has 2 amide bonds. The Labute approximate surface area is 199 Å². The molecule has 0 fully saturated rings. The quantitative estimate of drug-likeness (QED) is 0.556. The highest BCUT2D eigenvalue weighted by molar-refractivity contribution is 7.89. The third-order valence-corrected chi connectivity index (χ3v) is 7.92. The fourth-order valence-electron chi connectivity index (χ4n) is 4.33. The molecule has 2 aromatic carbocycles. The van der Waals surface area contributed by atoms with Gasteiger partial charge in [0.05, 0.1) is 15.9 Å². The topological polar surface area (TPSA) is 105 Å². The van der Waals surface area contributed by atoms with Crippen LogP contribution in [0.4, 0.5) is 11.4 Å². The first-order valence-corrected chi connectivity index (χ1v) is 12.7. The first-order chi connectivity index (χ1) is 16.1. The number of aryl methyl sites for hydroxylation is 2. The van der Waals surface area contributed by atoms with Crippen molar-refractivity contribution in [1.29, 1.82) is 0 Å². The normalized spacial score (nSPS) is 13.5. The predicted molar refractivity (Wildman–Crippen MR) is 131 cm³/mol. The molecule has 0 saturated carbocycles. The van der Waals surface area contributed by atoms with E-state index in [0.29, 0.717) is 30.7 Å². The van der Waals surface area contributed by atoms with Gasteiger partial charge in [-0.05, 0) is 55.3 Å². The minimum absolute atomic E-state index is 0.0146. The number of anilines is 2. The number of amides is 2. The number of hydrogen-bond acceptors (Lipinski definition) is 5. The zero-order valence-corrected chi connectivity index (χ0v) is 20.6. The number of nitrogens with zero attached hydrogens (tertiary/aromatic N) is 4. The maximum atomic E-state index is 12.6. The van der Waals surface area contributed by atoms with E-state index in [1.807, 2.05) is 29.7 Å². The Morgan fingerprint density at radius 3 is 2.59 bits per heavy atom. The summed E-state index contributed by atoms with van der Waals surface area (Å²) >= 11 is 0. The van der Waals surface area contributed by atoms with E-state index in [1.165, 1.54) is 18.4 Å². The van der Waals surface area contributed by atoms with Gasteiger partial charge in [-0.2, -0.15) is 0 Å². The highest BCUT2D eigenvalue weighted by Gasteiger charge is 2.23. The van der Waals surface area contributed by atoms with Gasteiger partial charge in [0.15, 0.2) is 0 Å². The molecule has 9 nitrogen and oxygen atoms in total. The summed E-state index contributed by atoms with van der Waals surface area (Å²) in [5.74, 6) is 0.617. The zero-order valence-electron chi connectivity index (χ0n) is 19.8. The predicted octanol–water partition coefficient (Wildman–Crippen LogP) is 2.79. The molecule has 3 aromatic rings. The van der Waals surface area contributed by atoms with Crippen LogP contribution in [0.5, 0.6) is 0 Å². The van der Waals surface area contributed by atoms with Crippen molar-refractivity contribution < 1.29 is 18.0 Å². The van der Waals surface area contributed by atoms with Crippen molar-refractivity contribution in [2.45, 2.75) is 44.6 Å². The number of nitrogens with one attached hydrogen (secondary N) is 1. The van der Waals surface area contributed by atoms with Crippen LogP contribution in [0.15, 0.2) is 41.3 Å². The lowest BCUT2D eigenvalue weighted by atomic mass is 10.1. The number of fused-ring (bicyclic) bond motifs is 2. The Morgan fingerprint density at radius 1 is 1.15 bits per heavy atom. The van der Waals surface area contributed by atoms with Crippen molar-refractivity contribution in [3.05, 3.63) is 47.8 Å². The minimum Gasteiger partial charge on any atom is -0.328 e. The molecule has 2 heterocycles. The number of benzene rings is 2. The lowest BCUT2D eigenvalue weighted by Crippen LogP contribution is -2.25. The summed E-state index contributed by atoms with van der Waals surface area (Å²) in [5.41, 5.74) is 4.08. The minimum atomic E-state index is -3.55. The van der Waals surface area contributed by atoms with E-state index in [-0.39, 0.29) is 23.1 Å². The van der Waals surface area contributed by atoms with Gasteiger partial charge in [0.1, 0.15) is 5.82 Å². The second-order valence-electron chi connectivity index (χ2n) is 8.52. The van der Waals surface area contributed by atoms with Crippen molar-refractivity contribution in [3.8, 4) is 0 Å². The summed E-state index contributed by atoms with van der Waals surface area (Å²) in [6.45, 7) is 4.86. The average molecular weight is 484 g/mol. The Balaban J connectivity index is 1.48. The third-order valence-electron chi connectivity index (χ3n) is 6.11. The molecular formula is C24H29N5O4S. The Hall–Kier alpha value is -3.24. The first-order valence-electron chi connectivity index (χ1n) is 11.2. The van der Waals surface area contributed by atoms with E-state index >= 15 is 0 Å². The van der Waals surface area contributed by atoms with E-state index in [0.717, 1.165) is 29.0 Å². The van der Waals surface area contributed by atoms with Crippen molar-refractivity contribution >= 4 is 44.2 Å². The smallest absolute Gasteiger partial charge is 0.242 e. The third kappa shape index (κ3) is 4.43. The number of rotatable bonds is 7. The molecule has 0 radical (unpaired) electrons. The zero-order chi connectivity index (χ0) is 24.6. The molecule has 34 heavy (non-hydrogen) atoms. The maximum absolute atomic E-state index is 12.6. The summed E-state index contributed by atoms with van der Waals surface area (Å²) in [6.07, 6.45) is 1.43. The Bertz CT molecular complexity index is 1380. The fourth-order valence-corrected chi connectivity index (χ4v) is 5.25. The lowest BCUT2D eigenvalue weighted by Gasteiger charge is -2.15. The van der Waals surface area contributed by atoms with Gasteiger partial charge in [-0.3, -0.25) is 9.59 Å². The van der Waals surface area contributed by atoms with Crippen molar-refractivity contribution in [2.75, 3.05) is 30.9 Å². The van der Waals surface area contributed by atoms with Crippen LogP contribution < -0.4 is 10.2 Å². The van der Waals surface area contributed by atoms with Crippen molar-refractivity contribution in [3.63, 3.8) is 0 Å². The average Bonchev–Trinajstić information content (AvgIpc) is 3.37. The lowest BCUT2D eigenvalue weighted by molar-refractivity contribution is -0.117. The van der Waals surface area contributed by atoms with Crippen LogP contribution in [0.25, 0.3) is 11.0 Å². The van der Waals surface area contributed by atoms with Gasteiger partial charge in [0, 0.05) is 58.3 Å². The summed E-state index contributed by atoms with van der Waals surface area (Å²) < 4.78 is 28.1. The highest BCUT2D eigenvalue weighted by Crippen LogP contribution is 2.30. The van der Waals surface area contributed by atoms with Crippen LogP contribution in [0.3, 0.4) is 0 Å². The number of hydrogen-bond donors (Lipinski definition) is 1. The SMILES string of the molecule is CCn1c(CCC(=O)Nc2ccc3c(c2)CCN3C(C)=O)nc2cc(S(=O)(=O)N(C)C)ccc21. The molecule has 180 valence electrons. The van der Waals surface area contributed by atoms with E-state index in [1.54, 1.807) is 30.0 Å². The number of carbonyl (C=O) groups is 2. The second-order valence-corrected chi connectivity index (χ2v) is 10.7. The van der Waals surface area contributed by atoms with Crippen LogP contribution >= 0.6 is 0 Å². The van der Waals surface area contributed by atoms with Gasteiger partial charge in [0.2, 0.25) is 21.8 Å². The van der Waals surface area contributed by atoms with Crippen LogP contribution in [-0.4, -0.2) is 54.7 Å². The molecule has 1 N–H and O–H groups in total. The van der Waals surface area contributed by atoms with Crippen molar-refractivity contribution in [2.24, 2.45) is 0 Å².